The Balaban J connectivity index is 1.46. The van der Waals surface area contributed by atoms with Gasteiger partial charge in [-0.05, 0) is 31.2 Å². The molecular weight excluding hydrogens is 198 g/mol. The number of nitrogens with zero attached hydrogens (tertiary/aromatic N) is 2. The molecule has 0 amide bonds. The van der Waals surface area contributed by atoms with Gasteiger partial charge in [0.15, 0.2) is 0 Å². The third-order valence-electron chi connectivity index (χ3n) is 4.53. The first-order valence-electron chi connectivity index (χ1n) is 6.92. The van der Waals surface area contributed by atoms with Gasteiger partial charge in [0.2, 0.25) is 0 Å². The van der Waals surface area contributed by atoms with Gasteiger partial charge in [-0.2, -0.15) is 0 Å². The summed E-state index contributed by atoms with van der Waals surface area (Å²) in [5, 5.41) is 3.50. The first kappa shape index (κ1) is 11.0. The van der Waals surface area contributed by atoms with Crippen LogP contribution in [-0.2, 0) is 0 Å². The van der Waals surface area contributed by atoms with Crippen LogP contribution in [-0.4, -0.2) is 61.7 Å². The Hall–Kier alpha value is -0.120. The van der Waals surface area contributed by atoms with E-state index in [1.165, 1.54) is 65.1 Å². The summed E-state index contributed by atoms with van der Waals surface area (Å²) in [6.45, 7) is 11.4. The normalized spacial score (nSPS) is 38.1. The van der Waals surface area contributed by atoms with Crippen LogP contribution >= 0.6 is 0 Å². The molecule has 0 aromatic rings. The Morgan fingerprint density at radius 1 is 1.19 bits per heavy atom. The molecule has 2 aliphatic heterocycles. The predicted octanol–water partition coefficient (Wildman–Crippen LogP) is 0.766. The number of hydrogen-bond acceptors (Lipinski definition) is 3. The standard InChI is InChI=1S/C13H25N3/c1-13(4-5-14-10-13)11-15-6-8-16(9-7-15)12-2-3-12/h12,14H,2-11H2,1H3. The van der Waals surface area contributed by atoms with Crippen LogP contribution in [0.2, 0.25) is 0 Å². The number of nitrogens with one attached hydrogen (secondary N) is 1. The Labute approximate surface area is 99.2 Å². The van der Waals surface area contributed by atoms with Gasteiger partial charge in [0.1, 0.15) is 0 Å². The van der Waals surface area contributed by atoms with Crippen LogP contribution < -0.4 is 5.32 Å². The lowest BCUT2D eigenvalue weighted by Crippen LogP contribution is -2.50. The van der Waals surface area contributed by atoms with Gasteiger partial charge in [-0.1, -0.05) is 6.92 Å². The monoisotopic (exact) mass is 223 g/mol. The SMILES string of the molecule is CC1(CN2CCN(C3CC3)CC2)CCNC1. The molecular formula is C13H25N3. The van der Waals surface area contributed by atoms with Crippen molar-refractivity contribution in [2.24, 2.45) is 5.41 Å². The summed E-state index contributed by atoms with van der Waals surface area (Å²) in [6.07, 6.45) is 4.28. The summed E-state index contributed by atoms with van der Waals surface area (Å²) in [6, 6.07) is 0.964. The highest BCUT2D eigenvalue weighted by molar-refractivity contribution is 4.91. The molecule has 2 heterocycles. The summed E-state index contributed by atoms with van der Waals surface area (Å²) in [4.78, 5) is 5.39. The van der Waals surface area contributed by atoms with Gasteiger partial charge in [-0.3, -0.25) is 4.90 Å². The van der Waals surface area contributed by atoms with Gasteiger partial charge < -0.3 is 10.2 Å². The van der Waals surface area contributed by atoms with Crippen molar-refractivity contribution in [1.82, 2.24) is 15.1 Å². The topological polar surface area (TPSA) is 18.5 Å². The average molecular weight is 223 g/mol. The van der Waals surface area contributed by atoms with Crippen molar-refractivity contribution in [3.8, 4) is 0 Å². The van der Waals surface area contributed by atoms with E-state index in [0.29, 0.717) is 5.41 Å². The lowest BCUT2D eigenvalue weighted by atomic mass is 9.89. The molecule has 0 aromatic carbocycles. The summed E-state index contributed by atoms with van der Waals surface area (Å²) in [5.74, 6) is 0. The summed E-state index contributed by atoms with van der Waals surface area (Å²) < 4.78 is 0. The van der Waals surface area contributed by atoms with E-state index in [2.05, 4.69) is 22.0 Å². The largest absolute Gasteiger partial charge is 0.316 e. The van der Waals surface area contributed by atoms with Crippen molar-refractivity contribution in [3.63, 3.8) is 0 Å². The molecule has 3 rings (SSSR count). The number of piperazine rings is 1. The number of rotatable bonds is 3. The van der Waals surface area contributed by atoms with Crippen molar-refractivity contribution in [1.29, 1.82) is 0 Å². The fourth-order valence-corrected chi connectivity index (χ4v) is 3.27. The maximum Gasteiger partial charge on any atom is 0.0113 e. The van der Waals surface area contributed by atoms with Gasteiger partial charge in [-0.15, -0.1) is 0 Å². The molecule has 3 aliphatic rings. The summed E-state index contributed by atoms with van der Waals surface area (Å²) >= 11 is 0. The molecule has 0 bridgehead atoms. The minimum Gasteiger partial charge on any atom is -0.316 e. The maximum atomic E-state index is 3.50. The first-order chi connectivity index (χ1) is 7.75. The Kier molecular flexibility index (Phi) is 2.94. The molecule has 3 fully saturated rings. The lowest BCUT2D eigenvalue weighted by molar-refractivity contribution is 0.0930. The van der Waals surface area contributed by atoms with Crippen molar-refractivity contribution in [2.45, 2.75) is 32.2 Å². The van der Waals surface area contributed by atoms with Crippen LogP contribution in [0.4, 0.5) is 0 Å². The second kappa shape index (κ2) is 4.28. The van der Waals surface area contributed by atoms with E-state index < -0.39 is 0 Å². The Bertz CT molecular complexity index is 236. The minimum absolute atomic E-state index is 0.543. The van der Waals surface area contributed by atoms with Crippen molar-refractivity contribution in [3.05, 3.63) is 0 Å². The number of hydrogen-bond donors (Lipinski definition) is 1. The van der Waals surface area contributed by atoms with Crippen LogP contribution in [0.25, 0.3) is 0 Å². The average Bonchev–Trinajstić information content (AvgIpc) is 3.04. The third kappa shape index (κ3) is 2.41. The zero-order chi connectivity index (χ0) is 11.0. The molecule has 3 nitrogen and oxygen atoms in total. The fraction of sp³-hybridized carbons (Fsp3) is 1.00. The maximum absolute atomic E-state index is 3.50. The third-order valence-corrected chi connectivity index (χ3v) is 4.53. The van der Waals surface area contributed by atoms with Gasteiger partial charge in [0.05, 0.1) is 0 Å². The zero-order valence-corrected chi connectivity index (χ0v) is 10.5. The summed E-state index contributed by atoms with van der Waals surface area (Å²) in [7, 11) is 0. The van der Waals surface area contributed by atoms with Gasteiger partial charge in [0.25, 0.3) is 0 Å². The molecule has 2 saturated heterocycles. The highest BCUT2D eigenvalue weighted by Crippen LogP contribution is 2.29. The second-order valence-electron chi connectivity index (χ2n) is 6.28. The molecule has 0 spiro atoms. The van der Waals surface area contributed by atoms with Gasteiger partial charge in [-0.25, -0.2) is 0 Å². The molecule has 1 aliphatic carbocycles. The first-order valence-corrected chi connectivity index (χ1v) is 6.92. The molecule has 1 N–H and O–H groups in total. The molecule has 3 heteroatoms. The Morgan fingerprint density at radius 3 is 2.50 bits per heavy atom. The van der Waals surface area contributed by atoms with E-state index >= 15 is 0 Å². The van der Waals surface area contributed by atoms with Gasteiger partial charge in [0, 0.05) is 45.3 Å². The fourth-order valence-electron chi connectivity index (χ4n) is 3.27. The highest BCUT2D eigenvalue weighted by atomic mass is 15.3. The smallest absolute Gasteiger partial charge is 0.0113 e. The van der Waals surface area contributed by atoms with Crippen LogP contribution in [0.5, 0.6) is 0 Å². The molecule has 16 heavy (non-hydrogen) atoms. The van der Waals surface area contributed by atoms with Crippen LogP contribution in [0.15, 0.2) is 0 Å². The van der Waals surface area contributed by atoms with E-state index in [1.807, 2.05) is 0 Å². The van der Waals surface area contributed by atoms with E-state index in [0.717, 1.165) is 6.04 Å². The van der Waals surface area contributed by atoms with E-state index in [-0.39, 0.29) is 0 Å². The molecule has 92 valence electrons. The molecule has 1 atom stereocenters. The van der Waals surface area contributed by atoms with Crippen LogP contribution in [0, 0.1) is 5.41 Å². The van der Waals surface area contributed by atoms with Crippen molar-refractivity contribution < 1.29 is 0 Å². The Morgan fingerprint density at radius 2 is 1.94 bits per heavy atom. The molecule has 0 radical (unpaired) electrons. The second-order valence-corrected chi connectivity index (χ2v) is 6.28. The molecule has 0 aromatic heterocycles. The van der Waals surface area contributed by atoms with Crippen molar-refractivity contribution in [2.75, 3.05) is 45.8 Å². The van der Waals surface area contributed by atoms with E-state index in [9.17, 15) is 0 Å². The molecule has 1 saturated carbocycles. The van der Waals surface area contributed by atoms with Crippen LogP contribution in [0.3, 0.4) is 0 Å². The van der Waals surface area contributed by atoms with Crippen LogP contribution in [0.1, 0.15) is 26.2 Å². The highest BCUT2D eigenvalue weighted by Gasteiger charge is 2.34. The summed E-state index contributed by atoms with van der Waals surface area (Å²) in [5.41, 5.74) is 0.543. The quantitative estimate of drug-likeness (QED) is 0.762. The predicted molar refractivity (Wildman–Crippen MR) is 66.6 cm³/mol. The van der Waals surface area contributed by atoms with E-state index in [4.69, 9.17) is 0 Å². The lowest BCUT2D eigenvalue weighted by Gasteiger charge is -2.38. The van der Waals surface area contributed by atoms with Crippen molar-refractivity contribution >= 4 is 0 Å². The minimum atomic E-state index is 0.543. The van der Waals surface area contributed by atoms with Gasteiger partial charge >= 0.3 is 0 Å². The van der Waals surface area contributed by atoms with E-state index in [1.54, 1.807) is 0 Å². The molecule has 1 unspecified atom stereocenters. The zero-order valence-electron chi connectivity index (χ0n) is 10.5.